The molecule has 0 bridgehead atoms. The molecule has 2 aliphatic rings. The quantitative estimate of drug-likeness (QED) is 0.261. The molecule has 6 rings (SSSR count). The molecule has 1 atom stereocenters. The molecule has 1 N–H and O–H groups in total. The van der Waals surface area contributed by atoms with E-state index in [4.69, 9.17) is 9.47 Å². The van der Waals surface area contributed by atoms with Crippen molar-refractivity contribution in [3.8, 4) is 11.5 Å². The summed E-state index contributed by atoms with van der Waals surface area (Å²) in [5.74, 6) is 2.22. The molecule has 6 nitrogen and oxygen atoms in total. The Morgan fingerprint density at radius 3 is 2.51 bits per heavy atom. The van der Waals surface area contributed by atoms with Crippen LogP contribution in [0.4, 0.5) is 5.69 Å². The lowest BCUT2D eigenvalue weighted by molar-refractivity contribution is -0.654. The third kappa shape index (κ3) is 5.80. The number of Topliss-reactive ketones (excluding diaryl/α,β-unsaturated/α-hetero) is 1. The third-order valence-corrected chi connectivity index (χ3v) is 9.01. The van der Waals surface area contributed by atoms with Crippen LogP contribution in [0.3, 0.4) is 0 Å². The van der Waals surface area contributed by atoms with Crippen molar-refractivity contribution in [2.24, 2.45) is 18.9 Å². The van der Waals surface area contributed by atoms with Crippen LogP contribution in [0.5, 0.6) is 11.5 Å². The molecule has 0 spiro atoms. The number of ether oxygens (including phenoxy) is 2. The number of carbonyl (C=O) groups is 1. The molecule has 1 aliphatic carbocycles. The molecule has 0 radical (unpaired) electrons. The van der Waals surface area contributed by atoms with Gasteiger partial charge in [0.1, 0.15) is 7.05 Å². The van der Waals surface area contributed by atoms with Crippen LogP contribution >= 0.6 is 0 Å². The number of hydrogen-bond donors (Lipinski definition) is 1. The smallest absolute Gasteiger partial charge is 0.219 e. The van der Waals surface area contributed by atoms with Gasteiger partial charge in [0.05, 0.1) is 7.11 Å². The average molecular weight is 551 g/mol. The van der Waals surface area contributed by atoms with Crippen LogP contribution < -0.4 is 19.4 Å². The van der Waals surface area contributed by atoms with Crippen molar-refractivity contribution in [3.63, 3.8) is 0 Å². The highest BCUT2D eigenvalue weighted by Crippen LogP contribution is 2.40. The number of anilines is 1. The number of piperidine rings is 1. The summed E-state index contributed by atoms with van der Waals surface area (Å²) in [5, 5.41) is 4.39. The normalized spacial score (nSPS) is 17.5. The van der Waals surface area contributed by atoms with Gasteiger partial charge in [0.25, 0.3) is 0 Å². The zero-order chi connectivity index (χ0) is 28.3. The van der Waals surface area contributed by atoms with Crippen molar-refractivity contribution < 1.29 is 18.8 Å². The highest BCUT2D eigenvalue weighted by atomic mass is 16.5. The number of benzene rings is 3. The van der Waals surface area contributed by atoms with Crippen LogP contribution in [0.2, 0.25) is 0 Å². The van der Waals surface area contributed by atoms with Gasteiger partial charge < -0.3 is 14.8 Å². The van der Waals surface area contributed by atoms with Crippen LogP contribution in [0.25, 0.3) is 10.9 Å². The van der Waals surface area contributed by atoms with Gasteiger partial charge in [0, 0.05) is 48.3 Å². The molecule has 3 aromatic carbocycles. The van der Waals surface area contributed by atoms with Crippen molar-refractivity contribution >= 4 is 22.4 Å². The van der Waals surface area contributed by atoms with E-state index in [2.05, 4.69) is 82.5 Å². The van der Waals surface area contributed by atoms with Crippen molar-refractivity contribution in [1.29, 1.82) is 0 Å². The number of nitrogens with zero attached hydrogens (tertiary/aromatic N) is 2. The second kappa shape index (κ2) is 11.9. The fourth-order valence-corrected chi connectivity index (χ4v) is 6.55. The van der Waals surface area contributed by atoms with E-state index >= 15 is 0 Å². The number of rotatable bonds is 9. The monoisotopic (exact) mass is 550 g/mol. The number of nitrogens with one attached hydrogen (secondary N) is 1. The van der Waals surface area contributed by atoms with Crippen LogP contribution in [0.15, 0.2) is 72.8 Å². The van der Waals surface area contributed by atoms with E-state index in [1.807, 2.05) is 19.2 Å². The van der Waals surface area contributed by atoms with Gasteiger partial charge in [-0.2, -0.15) is 4.57 Å². The zero-order valence-electron chi connectivity index (χ0n) is 24.4. The number of fused-ring (bicyclic) bond motifs is 2. The fourth-order valence-electron chi connectivity index (χ4n) is 6.55. The third-order valence-electron chi connectivity index (χ3n) is 9.01. The zero-order valence-corrected chi connectivity index (χ0v) is 24.4. The summed E-state index contributed by atoms with van der Waals surface area (Å²) >= 11 is 0. The first-order chi connectivity index (χ1) is 20.0. The van der Waals surface area contributed by atoms with Crippen molar-refractivity contribution in [2.75, 3.05) is 32.6 Å². The predicted octanol–water partition coefficient (Wildman–Crippen LogP) is 5.95. The summed E-state index contributed by atoms with van der Waals surface area (Å²) in [6.07, 6.45) is 4.06. The Balaban J connectivity index is 1.10. The topological polar surface area (TPSA) is 54.7 Å². The van der Waals surface area contributed by atoms with E-state index in [1.165, 1.54) is 10.9 Å². The summed E-state index contributed by atoms with van der Waals surface area (Å²) in [7, 11) is 5.64. The minimum Gasteiger partial charge on any atom is -0.493 e. The molecule has 2 heterocycles. The number of hydrogen-bond acceptors (Lipinski definition) is 5. The van der Waals surface area contributed by atoms with E-state index < -0.39 is 0 Å². The van der Waals surface area contributed by atoms with Crippen molar-refractivity contribution in [1.82, 2.24) is 4.90 Å². The molecule has 1 unspecified atom stereocenters. The molecular formula is C35H40N3O3+. The van der Waals surface area contributed by atoms with Crippen LogP contribution in [-0.2, 0) is 26.6 Å². The number of ketones is 1. The lowest BCUT2D eigenvalue weighted by atomic mass is 9.85. The Labute approximate surface area is 242 Å². The molecule has 212 valence electrons. The second-order valence-corrected chi connectivity index (χ2v) is 11.6. The van der Waals surface area contributed by atoms with Crippen LogP contribution in [-0.4, -0.2) is 37.9 Å². The summed E-state index contributed by atoms with van der Waals surface area (Å²) in [5.41, 5.74) is 6.52. The molecule has 1 fully saturated rings. The predicted molar refractivity (Wildman–Crippen MR) is 163 cm³/mol. The Bertz CT molecular complexity index is 1540. The lowest BCUT2D eigenvalue weighted by Gasteiger charge is -2.32. The first-order valence-corrected chi connectivity index (χ1v) is 14.8. The van der Waals surface area contributed by atoms with E-state index in [9.17, 15) is 4.79 Å². The van der Waals surface area contributed by atoms with Gasteiger partial charge in [-0.3, -0.25) is 9.69 Å². The fraction of sp³-hybridized carbons (Fsp3) is 0.371. The number of pyridine rings is 1. The Kier molecular flexibility index (Phi) is 7.93. The molecule has 4 aromatic rings. The maximum atomic E-state index is 13.4. The Morgan fingerprint density at radius 2 is 1.76 bits per heavy atom. The minimum atomic E-state index is 0.0512. The van der Waals surface area contributed by atoms with Gasteiger partial charge in [0.2, 0.25) is 11.2 Å². The summed E-state index contributed by atoms with van der Waals surface area (Å²) < 4.78 is 14.2. The number of aryl methyl sites for hydroxylation is 1. The number of methoxy groups -OCH3 is 1. The van der Waals surface area contributed by atoms with E-state index in [0.717, 1.165) is 73.3 Å². The summed E-state index contributed by atoms with van der Waals surface area (Å²) in [6, 6.07) is 25.2. The van der Waals surface area contributed by atoms with Crippen LogP contribution in [0.1, 0.15) is 46.4 Å². The molecule has 1 saturated heterocycles. The maximum absolute atomic E-state index is 13.4. The van der Waals surface area contributed by atoms with Crippen LogP contribution in [0, 0.1) is 11.8 Å². The van der Waals surface area contributed by atoms with Gasteiger partial charge in [-0.15, -0.1) is 0 Å². The van der Waals surface area contributed by atoms with Gasteiger partial charge >= 0.3 is 0 Å². The van der Waals surface area contributed by atoms with E-state index in [-0.39, 0.29) is 11.7 Å². The highest BCUT2D eigenvalue weighted by molar-refractivity contribution is 6.03. The van der Waals surface area contributed by atoms with E-state index in [1.54, 1.807) is 7.11 Å². The standard InChI is InChI=1S/C35H39N3O3/c1-36-29-11-9-26-10-12-30(37(2)32(26)20-29)23-41-34-19-27-18-28(35(39)31(27)21-33(34)40-3)17-24-13-15-38(16-14-24)22-25-7-5-4-6-8-25/h4-12,19-21,24,28H,13-18,22-23H2,1-3H3/p+1. The first kappa shape index (κ1) is 27.3. The average Bonchev–Trinajstić information content (AvgIpc) is 3.31. The number of carbonyl (C=O) groups excluding carboxylic acids is 1. The van der Waals surface area contributed by atoms with Gasteiger partial charge in [-0.1, -0.05) is 30.3 Å². The summed E-state index contributed by atoms with van der Waals surface area (Å²) in [4.78, 5) is 16.0. The Morgan fingerprint density at radius 1 is 0.976 bits per heavy atom. The Hall–Kier alpha value is -3.90. The van der Waals surface area contributed by atoms with Gasteiger partial charge in [-0.25, -0.2) is 0 Å². The first-order valence-electron chi connectivity index (χ1n) is 14.8. The molecule has 0 saturated carbocycles. The SMILES string of the molecule is CNc1ccc2ccc(COc3cc4c(cc3OC)C(=O)C(CC3CCN(Cc5ccccc5)CC3)C4)[n+](C)c2c1. The second-order valence-electron chi connectivity index (χ2n) is 11.6. The van der Waals surface area contributed by atoms with Gasteiger partial charge in [0.15, 0.2) is 23.9 Å². The molecule has 6 heteroatoms. The molecule has 1 aromatic heterocycles. The largest absolute Gasteiger partial charge is 0.493 e. The lowest BCUT2D eigenvalue weighted by Crippen LogP contribution is -2.35. The van der Waals surface area contributed by atoms with Crippen molar-refractivity contribution in [2.45, 2.75) is 38.8 Å². The molecule has 0 amide bonds. The number of likely N-dealkylation sites (tertiary alicyclic amines) is 1. The summed E-state index contributed by atoms with van der Waals surface area (Å²) in [6.45, 7) is 3.62. The number of aromatic nitrogens is 1. The molecule has 1 aliphatic heterocycles. The van der Waals surface area contributed by atoms with E-state index in [0.29, 0.717) is 24.0 Å². The molecular weight excluding hydrogens is 510 g/mol. The minimum absolute atomic E-state index is 0.0512. The van der Waals surface area contributed by atoms with Gasteiger partial charge in [-0.05, 0) is 86.1 Å². The highest BCUT2D eigenvalue weighted by Gasteiger charge is 2.34. The van der Waals surface area contributed by atoms with Crippen molar-refractivity contribution in [3.05, 3.63) is 95.2 Å². The maximum Gasteiger partial charge on any atom is 0.219 e. The molecule has 41 heavy (non-hydrogen) atoms.